The standard InChI is InChI=1S/C27H44/c1-19(2)9-8-10-20(3)23-14-15-24-22-13-12-21-11-6-7-17-26(21,4)25(22)16-18-27(23,24)5/h15,19-21,23H,6-14,16-18H2,1-5H3/t20-,21-,23-,26+,27-/m1/s1. The second-order valence-corrected chi connectivity index (χ2v) is 11.5. The van der Waals surface area contributed by atoms with Gasteiger partial charge in [0.25, 0.3) is 0 Å². The molecular weight excluding hydrogens is 324 g/mol. The van der Waals surface area contributed by atoms with E-state index < -0.39 is 0 Å². The lowest BCUT2D eigenvalue weighted by atomic mass is 9.52. The van der Waals surface area contributed by atoms with Gasteiger partial charge < -0.3 is 0 Å². The maximum absolute atomic E-state index is 2.71. The number of hydrogen-bond donors (Lipinski definition) is 0. The van der Waals surface area contributed by atoms with Gasteiger partial charge in [0.1, 0.15) is 0 Å². The third-order valence-corrected chi connectivity index (χ3v) is 9.55. The number of hydrogen-bond acceptors (Lipinski definition) is 0. The summed E-state index contributed by atoms with van der Waals surface area (Å²) in [6.45, 7) is 12.6. The third kappa shape index (κ3) is 3.28. The molecule has 0 heteroatoms. The topological polar surface area (TPSA) is 0 Å². The van der Waals surface area contributed by atoms with E-state index in [1.54, 1.807) is 0 Å². The molecule has 0 nitrogen and oxygen atoms in total. The van der Waals surface area contributed by atoms with Crippen molar-refractivity contribution in [3.63, 3.8) is 0 Å². The van der Waals surface area contributed by atoms with Crippen molar-refractivity contribution in [1.82, 2.24) is 0 Å². The molecule has 0 heterocycles. The van der Waals surface area contributed by atoms with Crippen LogP contribution >= 0.6 is 0 Å². The Kier molecular flexibility index (Phi) is 5.41. The summed E-state index contributed by atoms with van der Waals surface area (Å²) in [4.78, 5) is 0. The molecule has 0 spiro atoms. The zero-order valence-electron chi connectivity index (χ0n) is 18.9. The van der Waals surface area contributed by atoms with Gasteiger partial charge in [-0.3, -0.25) is 0 Å². The minimum atomic E-state index is 0.480. The van der Waals surface area contributed by atoms with Crippen LogP contribution in [0.25, 0.3) is 0 Å². The first-order valence-electron chi connectivity index (χ1n) is 12.3. The first-order chi connectivity index (χ1) is 12.9. The molecule has 0 aromatic heterocycles. The first-order valence-corrected chi connectivity index (χ1v) is 12.3. The maximum atomic E-state index is 2.71. The quantitative estimate of drug-likeness (QED) is 0.456. The Morgan fingerprint density at radius 1 is 0.963 bits per heavy atom. The van der Waals surface area contributed by atoms with Crippen LogP contribution in [0.5, 0.6) is 0 Å². The molecule has 0 N–H and O–H groups in total. The highest BCUT2D eigenvalue weighted by Gasteiger charge is 2.52. The zero-order chi connectivity index (χ0) is 19.2. The summed E-state index contributed by atoms with van der Waals surface area (Å²) in [6.07, 6.45) is 20.0. The molecule has 0 amide bonds. The highest BCUT2D eigenvalue weighted by Crippen LogP contribution is 2.64. The predicted octanol–water partition coefficient (Wildman–Crippen LogP) is 8.48. The molecule has 0 bridgehead atoms. The molecule has 0 aliphatic heterocycles. The summed E-state index contributed by atoms with van der Waals surface area (Å²) < 4.78 is 0. The van der Waals surface area contributed by atoms with E-state index >= 15 is 0 Å². The van der Waals surface area contributed by atoms with Crippen LogP contribution in [0.15, 0.2) is 22.8 Å². The van der Waals surface area contributed by atoms with Crippen LogP contribution in [-0.2, 0) is 0 Å². The van der Waals surface area contributed by atoms with Crippen molar-refractivity contribution in [2.24, 2.45) is 34.5 Å². The van der Waals surface area contributed by atoms with Gasteiger partial charge in [0.2, 0.25) is 0 Å². The SMILES string of the molecule is CC(C)CCC[C@@H](C)[C@H]1CC=C2C3=C(CC[C@@]21C)[C@@]1(C)CCCC[C@@H]1CC3. The highest BCUT2D eigenvalue weighted by atomic mass is 14.6. The lowest BCUT2D eigenvalue weighted by Gasteiger charge is -2.53. The molecule has 0 aromatic carbocycles. The van der Waals surface area contributed by atoms with Crippen LogP contribution in [0.2, 0.25) is 0 Å². The molecule has 27 heavy (non-hydrogen) atoms. The van der Waals surface area contributed by atoms with E-state index in [4.69, 9.17) is 0 Å². The molecule has 5 atom stereocenters. The summed E-state index contributed by atoms with van der Waals surface area (Å²) in [6, 6.07) is 0. The van der Waals surface area contributed by atoms with Crippen molar-refractivity contribution in [3.05, 3.63) is 22.8 Å². The number of rotatable bonds is 5. The average Bonchev–Trinajstić information content (AvgIpc) is 2.98. The van der Waals surface area contributed by atoms with Gasteiger partial charge in [-0.2, -0.15) is 0 Å². The summed E-state index contributed by atoms with van der Waals surface area (Å²) in [5, 5.41) is 0. The molecule has 1 saturated carbocycles. The van der Waals surface area contributed by atoms with Gasteiger partial charge in [0, 0.05) is 0 Å². The monoisotopic (exact) mass is 368 g/mol. The minimum Gasteiger partial charge on any atom is -0.0802 e. The summed E-state index contributed by atoms with van der Waals surface area (Å²) in [5.41, 5.74) is 6.65. The van der Waals surface area contributed by atoms with Crippen molar-refractivity contribution < 1.29 is 0 Å². The molecule has 4 rings (SSSR count). The van der Waals surface area contributed by atoms with Crippen molar-refractivity contribution in [2.45, 2.75) is 112 Å². The normalized spacial score (nSPS) is 39.7. The molecule has 0 radical (unpaired) electrons. The van der Waals surface area contributed by atoms with Crippen molar-refractivity contribution >= 4 is 0 Å². The van der Waals surface area contributed by atoms with E-state index in [0.717, 1.165) is 23.7 Å². The predicted molar refractivity (Wildman–Crippen MR) is 118 cm³/mol. The molecule has 0 aromatic rings. The highest BCUT2D eigenvalue weighted by molar-refractivity contribution is 5.49. The van der Waals surface area contributed by atoms with Gasteiger partial charge >= 0.3 is 0 Å². The Bertz CT molecular complexity index is 620. The van der Waals surface area contributed by atoms with Gasteiger partial charge in [-0.25, -0.2) is 0 Å². The van der Waals surface area contributed by atoms with Gasteiger partial charge in [-0.05, 0) is 90.6 Å². The van der Waals surface area contributed by atoms with E-state index in [-0.39, 0.29) is 0 Å². The molecule has 152 valence electrons. The summed E-state index contributed by atoms with van der Waals surface area (Å²) in [7, 11) is 0. The Hall–Kier alpha value is -0.520. The molecule has 0 saturated heterocycles. The largest absolute Gasteiger partial charge is 0.0802 e. The number of allylic oxidation sites excluding steroid dienone is 4. The minimum absolute atomic E-state index is 0.480. The Morgan fingerprint density at radius 2 is 1.78 bits per heavy atom. The van der Waals surface area contributed by atoms with E-state index in [1.165, 1.54) is 77.0 Å². The summed E-state index contributed by atoms with van der Waals surface area (Å²) >= 11 is 0. The molecule has 4 aliphatic rings. The molecule has 1 fully saturated rings. The van der Waals surface area contributed by atoms with Crippen LogP contribution < -0.4 is 0 Å². The number of fused-ring (bicyclic) bond motifs is 4. The van der Waals surface area contributed by atoms with Crippen molar-refractivity contribution in [1.29, 1.82) is 0 Å². The molecule has 4 aliphatic carbocycles. The van der Waals surface area contributed by atoms with E-state index in [2.05, 4.69) is 40.7 Å². The Morgan fingerprint density at radius 3 is 2.56 bits per heavy atom. The van der Waals surface area contributed by atoms with Gasteiger partial charge in [0.15, 0.2) is 0 Å². The van der Waals surface area contributed by atoms with E-state index in [0.29, 0.717) is 10.8 Å². The maximum Gasteiger partial charge on any atom is -0.00389 e. The fraction of sp³-hybridized carbons (Fsp3) is 0.852. The van der Waals surface area contributed by atoms with Gasteiger partial charge in [-0.1, -0.05) is 78.4 Å². The Labute approximate surface area is 169 Å². The van der Waals surface area contributed by atoms with Crippen LogP contribution in [0, 0.1) is 34.5 Å². The Balaban J connectivity index is 1.54. The van der Waals surface area contributed by atoms with Crippen LogP contribution in [0.3, 0.4) is 0 Å². The van der Waals surface area contributed by atoms with Crippen molar-refractivity contribution in [2.75, 3.05) is 0 Å². The zero-order valence-corrected chi connectivity index (χ0v) is 18.9. The van der Waals surface area contributed by atoms with E-state index in [1.807, 2.05) is 16.7 Å². The molecule has 0 unspecified atom stereocenters. The summed E-state index contributed by atoms with van der Waals surface area (Å²) in [5.74, 6) is 3.62. The van der Waals surface area contributed by atoms with E-state index in [9.17, 15) is 0 Å². The van der Waals surface area contributed by atoms with Crippen LogP contribution in [0.1, 0.15) is 112 Å². The fourth-order valence-corrected chi connectivity index (χ4v) is 7.83. The fourth-order valence-electron chi connectivity index (χ4n) is 7.83. The lowest BCUT2D eigenvalue weighted by molar-refractivity contribution is 0.107. The van der Waals surface area contributed by atoms with Gasteiger partial charge in [0.05, 0.1) is 0 Å². The second-order valence-electron chi connectivity index (χ2n) is 11.5. The van der Waals surface area contributed by atoms with Crippen molar-refractivity contribution in [3.8, 4) is 0 Å². The smallest absolute Gasteiger partial charge is 0.00389 e. The van der Waals surface area contributed by atoms with Gasteiger partial charge in [-0.15, -0.1) is 0 Å². The average molecular weight is 369 g/mol. The molecular formula is C27H44. The van der Waals surface area contributed by atoms with Crippen LogP contribution in [-0.4, -0.2) is 0 Å². The van der Waals surface area contributed by atoms with Crippen LogP contribution in [0.4, 0.5) is 0 Å². The second kappa shape index (κ2) is 7.38. The first kappa shape index (κ1) is 19.8. The lowest BCUT2D eigenvalue weighted by Crippen LogP contribution is -2.41. The third-order valence-electron chi connectivity index (χ3n) is 9.55.